The van der Waals surface area contributed by atoms with Crippen LogP contribution in [0.5, 0.6) is 0 Å². The van der Waals surface area contributed by atoms with Crippen molar-refractivity contribution in [1.82, 2.24) is 4.98 Å². The number of unbranched alkanes of at least 4 members (excludes halogenated alkanes) is 15. The van der Waals surface area contributed by atoms with Crippen LogP contribution in [0.3, 0.4) is 0 Å². The molecule has 1 aromatic heterocycles. The molecule has 0 saturated carbocycles. The Balaban J connectivity index is 1.48. The minimum Gasteiger partial charge on any atom is -0.505 e. The predicted molar refractivity (Wildman–Crippen MR) is 146 cm³/mol. The van der Waals surface area contributed by atoms with E-state index in [4.69, 9.17) is 14.2 Å². The first kappa shape index (κ1) is 31.6. The highest BCUT2D eigenvalue weighted by Crippen LogP contribution is 2.25. The molecule has 2 N–H and O–H groups in total. The summed E-state index contributed by atoms with van der Waals surface area (Å²) in [6.45, 7) is 2.09. The number of aliphatic hydroxyl groups is 2. The molecule has 2 heterocycles. The smallest absolute Gasteiger partial charge is 0.378 e. The zero-order valence-electron chi connectivity index (χ0n) is 23.1. The molecule has 0 aliphatic carbocycles. The van der Waals surface area contributed by atoms with Crippen molar-refractivity contribution < 1.29 is 34.0 Å². The molecule has 0 spiro atoms. The second-order valence-electron chi connectivity index (χ2n) is 10.1. The number of aliphatic hydroxyl groups excluding tert-OH is 2. The number of carbonyl (C=O) groups excluding carboxylic acids is 2. The van der Waals surface area contributed by atoms with Gasteiger partial charge in [0.15, 0.2) is 11.9 Å². The van der Waals surface area contributed by atoms with E-state index in [1.54, 1.807) is 6.07 Å². The number of aromatic nitrogens is 1. The first-order valence-corrected chi connectivity index (χ1v) is 14.6. The topological polar surface area (TPSA) is 115 Å². The monoisotopic (exact) mass is 533 g/mol. The van der Waals surface area contributed by atoms with E-state index in [9.17, 15) is 19.8 Å². The fourth-order valence-electron chi connectivity index (χ4n) is 4.49. The van der Waals surface area contributed by atoms with E-state index in [0.717, 1.165) is 19.3 Å². The molecular weight excluding hydrogens is 486 g/mol. The van der Waals surface area contributed by atoms with Crippen molar-refractivity contribution in [2.75, 3.05) is 13.2 Å². The summed E-state index contributed by atoms with van der Waals surface area (Å²) in [5.41, 5.74) is 0.228. The molecule has 214 valence electrons. The fraction of sp³-hybridized carbons (Fsp3) is 0.700. The third-order valence-electron chi connectivity index (χ3n) is 6.80. The van der Waals surface area contributed by atoms with Gasteiger partial charge in [0, 0.05) is 12.4 Å². The Morgan fingerprint density at radius 1 is 0.947 bits per heavy atom. The van der Waals surface area contributed by atoms with E-state index in [-0.39, 0.29) is 17.9 Å². The van der Waals surface area contributed by atoms with E-state index in [1.807, 2.05) is 0 Å². The van der Waals surface area contributed by atoms with Gasteiger partial charge in [-0.2, -0.15) is 0 Å². The Labute approximate surface area is 227 Å². The highest BCUT2D eigenvalue weighted by atomic mass is 16.6. The number of pyridine rings is 1. The third kappa shape index (κ3) is 12.3. The van der Waals surface area contributed by atoms with Crippen LogP contribution in [0.4, 0.5) is 0 Å². The number of hydrogen-bond acceptors (Lipinski definition) is 8. The van der Waals surface area contributed by atoms with Crippen molar-refractivity contribution >= 4 is 11.9 Å². The fourth-order valence-corrected chi connectivity index (χ4v) is 4.49. The average molecular weight is 534 g/mol. The molecule has 0 aromatic carbocycles. The summed E-state index contributed by atoms with van der Waals surface area (Å²) in [6.07, 6.45) is 20.4. The summed E-state index contributed by atoms with van der Waals surface area (Å²) < 4.78 is 15.5. The van der Waals surface area contributed by atoms with E-state index >= 15 is 0 Å². The van der Waals surface area contributed by atoms with Crippen molar-refractivity contribution in [2.45, 2.75) is 122 Å². The van der Waals surface area contributed by atoms with E-state index < -0.39 is 36.5 Å². The van der Waals surface area contributed by atoms with E-state index in [1.165, 1.54) is 102 Å². The summed E-state index contributed by atoms with van der Waals surface area (Å²) in [5, 5.41) is 20.6. The summed E-state index contributed by atoms with van der Waals surface area (Å²) in [5.74, 6) is -2.27. The normalized spacial score (nSPS) is 15.9. The van der Waals surface area contributed by atoms with Gasteiger partial charge < -0.3 is 24.4 Å². The van der Waals surface area contributed by atoms with Gasteiger partial charge in [0.2, 0.25) is 5.76 Å². The lowest BCUT2D eigenvalue weighted by atomic mass is 10.0. The van der Waals surface area contributed by atoms with E-state index in [2.05, 4.69) is 11.9 Å². The van der Waals surface area contributed by atoms with Crippen LogP contribution in [0, 0.1) is 0 Å². The number of esters is 2. The molecule has 1 aliphatic rings. The Hall–Kier alpha value is -2.61. The van der Waals surface area contributed by atoms with Gasteiger partial charge in [0.25, 0.3) is 0 Å². The maximum Gasteiger partial charge on any atom is 0.378 e. The highest BCUT2D eigenvalue weighted by molar-refractivity contribution is 5.90. The molecule has 2 atom stereocenters. The van der Waals surface area contributed by atoms with Crippen LogP contribution in [0.1, 0.15) is 120 Å². The number of ether oxygens (including phenoxy) is 3. The molecule has 38 heavy (non-hydrogen) atoms. The Morgan fingerprint density at radius 3 is 2.03 bits per heavy atom. The standard InChI is InChI=1S/C30H47NO7/c1-2-3-4-5-6-7-8-9-10-11-12-13-14-15-16-17-21-36-28-26(33)27(38-30(28)35)25(32)23-37-29(34)24-19-18-20-31-22-24/h18-20,22,25,27,32-33H,2-17,21,23H2,1H3/t25-,27+/m0/s1. The van der Waals surface area contributed by atoms with Crippen LogP contribution in [0.25, 0.3) is 0 Å². The van der Waals surface area contributed by atoms with Crippen molar-refractivity contribution in [3.05, 3.63) is 41.6 Å². The van der Waals surface area contributed by atoms with Crippen molar-refractivity contribution in [1.29, 1.82) is 0 Å². The van der Waals surface area contributed by atoms with Crippen LogP contribution >= 0.6 is 0 Å². The number of carbonyl (C=O) groups is 2. The maximum absolute atomic E-state index is 12.1. The number of hydrogen-bond donors (Lipinski definition) is 2. The summed E-state index contributed by atoms with van der Waals surface area (Å²) in [6, 6.07) is 3.11. The van der Waals surface area contributed by atoms with Gasteiger partial charge in [-0.3, -0.25) is 4.98 Å². The quantitative estimate of drug-likeness (QED) is 0.127. The number of cyclic esters (lactones) is 1. The molecule has 1 aliphatic heterocycles. The Morgan fingerprint density at radius 2 is 1.50 bits per heavy atom. The molecule has 1 aromatic rings. The van der Waals surface area contributed by atoms with Gasteiger partial charge in [-0.25, -0.2) is 9.59 Å². The van der Waals surface area contributed by atoms with Gasteiger partial charge in [0.1, 0.15) is 12.7 Å². The van der Waals surface area contributed by atoms with Crippen LogP contribution in [0.2, 0.25) is 0 Å². The summed E-state index contributed by atoms with van der Waals surface area (Å²) in [4.78, 5) is 27.9. The first-order valence-electron chi connectivity index (χ1n) is 14.6. The van der Waals surface area contributed by atoms with Gasteiger partial charge in [-0.05, 0) is 18.6 Å². The Kier molecular flexibility index (Phi) is 16.2. The molecule has 0 bridgehead atoms. The van der Waals surface area contributed by atoms with Crippen LogP contribution in [-0.4, -0.2) is 52.6 Å². The molecule has 0 fully saturated rings. The van der Waals surface area contributed by atoms with Gasteiger partial charge in [0.05, 0.1) is 12.2 Å². The minimum atomic E-state index is -1.42. The number of rotatable bonds is 22. The van der Waals surface area contributed by atoms with Crippen molar-refractivity contribution in [2.24, 2.45) is 0 Å². The summed E-state index contributed by atoms with van der Waals surface area (Å²) in [7, 11) is 0. The molecule has 0 saturated heterocycles. The molecule has 8 heteroatoms. The molecule has 0 unspecified atom stereocenters. The largest absolute Gasteiger partial charge is 0.505 e. The molecule has 0 radical (unpaired) electrons. The van der Waals surface area contributed by atoms with Gasteiger partial charge >= 0.3 is 11.9 Å². The van der Waals surface area contributed by atoms with Crippen molar-refractivity contribution in [3.63, 3.8) is 0 Å². The van der Waals surface area contributed by atoms with Crippen LogP contribution in [-0.2, 0) is 19.0 Å². The zero-order chi connectivity index (χ0) is 27.4. The lowest BCUT2D eigenvalue weighted by molar-refractivity contribution is -0.148. The SMILES string of the molecule is CCCCCCCCCCCCCCCCCCOC1=C(O)[C@@H]([C@@H](O)COC(=O)c2cccnc2)OC1=O. The number of nitrogens with zero attached hydrogens (tertiary/aromatic N) is 1. The lowest BCUT2D eigenvalue weighted by Gasteiger charge is -2.17. The average Bonchev–Trinajstić information content (AvgIpc) is 3.22. The first-order chi connectivity index (χ1) is 18.5. The van der Waals surface area contributed by atoms with Crippen LogP contribution in [0.15, 0.2) is 36.0 Å². The molecular formula is C30H47NO7. The van der Waals surface area contributed by atoms with Gasteiger partial charge in [-0.15, -0.1) is 0 Å². The Bertz CT molecular complexity index is 827. The predicted octanol–water partition coefficient (Wildman–Crippen LogP) is 6.57. The van der Waals surface area contributed by atoms with E-state index in [0.29, 0.717) is 0 Å². The lowest BCUT2D eigenvalue weighted by Crippen LogP contribution is -2.33. The maximum atomic E-state index is 12.1. The van der Waals surface area contributed by atoms with Gasteiger partial charge in [-0.1, -0.05) is 103 Å². The van der Waals surface area contributed by atoms with Crippen molar-refractivity contribution in [3.8, 4) is 0 Å². The zero-order valence-corrected chi connectivity index (χ0v) is 23.1. The summed E-state index contributed by atoms with van der Waals surface area (Å²) >= 11 is 0. The highest BCUT2D eigenvalue weighted by Gasteiger charge is 2.41. The minimum absolute atomic E-state index is 0.228. The second kappa shape index (κ2) is 19.5. The molecule has 2 rings (SSSR count). The second-order valence-corrected chi connectivity index (χ2v) is 10.1. The molecule has 0 amide bonds. The molecule has 8 nitrogen and oxygen atoms in total. The third-order valence-corrected chi connectivity index (χ3v) is 6.80. The van der Waals surface area contributed by atoms with Crippen LogP contribution < -0.4 is 0 Å².